The van der Waals surface area contributed by atoms with Gasteiger partial charge in [0.2, 0.25) is 0 Å². The molecule has 2 fully saturated rings. The Morgan fingerprint density at radius 2 is 2.23 bits per heavy atom. The van der Waals surface area contributed by atoms with Crippen LogP contribution in [0.5, 0.6) is 0 Å². The van der Waals surface area contributed by atoms with Crippen molar-refractivity contribution in [3.8, 4) is 0 Å². The summed E-state index contributed by atoms with van der Waals surface area (Å²) in [5, 5.41) is 0.754. The number of allylic oxidation sites excluding steroid dienone is 1. The van der Waals surface area contributed by atoms with E-state index in [1.807, 2.05) is 12.1 Å². The molecule has 0 spiro atoms. The lowest BCUT2D eigenvalue weighted by atomic mass is 10.0. The molecule has 31 heavy (non-hydrogen) atoms. The van der Waals surface area contributed by atoms with E-state index in [2.05, 4.69) is 16.8 Å². The molecule has 2 atom stereocenters. The fourth-order valence-corrected chi connectivity index (χ4v) is 4.09. The van der Waals surface area contributed by atoms with E-state index in [-0.39, 0.29) is 18.1 Å². The summed E-state index contributed by atoms with van der Waals surface area (Å²) in [5.74, 6) is 0.725. The van der Waals surface area contributed by atoms with Crippen LogP contribution in [-0.4, -0.2) is 60.1 Å². The summed E-state index contributed by atoms with van der Waals surface area (Å²) in [7, 11) is 0. The second kappa shape index (κ2) is 9.53. The summed E-state index contributed by atoms with van der Waals surface area (Å²) in [6.45, 7) is 6.32. The van der Waals surface area contributed by atoms with Gasteiger partial charge in [-0.2, -0.15) is 0 Å². The third-order valence-corrected chi connectivity index (χ3v) is 5.69. The Balaban J connectivity index is 1.88. The summed E-state index contributed by atoms with van der Waals surface area (Å²) < 4.78 is 11.4. The molecular weight excluding hydrogens is 394 g/mol. The Labute approximate surface area is 182 Å². The number of nitrogens with zero attached hydrogens (tertiary/aromatic N) is 4. The number of fused-ring (bicyclic) bond motifs is 1. The molecule has 2 saturated heterocycles. The van der Waals surface area contributed by atoms with Crippen LogP contribution in [0.4, 0.5) is 5.82 Å². The third kappa shape index (κ3) is 4.60. The van der Waals surface area contributed by atoms with Crippen molar-refractivity contribution in [1.29, 1.82) is 0 Å². The van der Waals surface area contributed by atoms with Crippen LogP contribution in [0.25, 0.3) is 10.9 Å². The van der Waals surface area contributed by atoms with Gasteiger partial charge < -0.3 is 20.1 Å². The van der Waals surface area contributed by atoms with Crippen molar-refractivity contribution in [3.05, 3.63) is 41.9 Å². The van der Waals surface area contributed by atoms with Gasteiger partial charge >= 0.3 is 0 Å². The van der Waals surface area contributed by atoms with E-state index < -0.39 is 0 Å². The number of pyridine rings is 2. The van der Waals surface area contributed by atoms with Gasteiger partial charge in [-0.1, -0.05) is 0 Å². The third-order valence-electron chi connectivity index (χ3n) is 5.69. The molecule has 0 radical (unpaired) electrons. The topological polar surface area (TPSA) is 103 Å². The first-order valence-electron chi connectivity index (χ1n) is 10.8. The fraction of sp³-hybridized carbons (Fsp3) is 0.478. The van der Waals surface area contributed by atoms with Crippen molar-refractivity contribution in [2.75, 3.05) is 31.3 Å². The van der Waals surface area contributed by atoms with Crippen LogP contribution in [0.1, 0.15) is 49.2 Å². The molecule has 164 valence electrons. The monoisotopic (exact) mass is 423 g/mol. The summed E-state index contributed by atoms with van der Waals surface area (Å²) >= 11 is 0. The van der Waals surface area contributed by atoms with Gasteiger partial charge in [-0.3, -0.25) is 14.8 Å². The van der Waals surface area contributed by atoms with Gasteiger partial charge in [-0.15, -0.1) is 0 Å². The summed E-state index contributed by atoms with van der Waals surface area (Å²) in [4.78, 5) is 29.0. The van der Waals surface area contributed by atoms with Gasteiger partial charge in [0.25, 0.3) is 0 Å². The normalized spacial score (nSPS) is 22.9. The fourth-order valence-electron chi connectivity index (χ4n) is 4.09. The standard InChI is InChI=1S/C23H29N5O3/c1-15-14-30-12-10-28(15)20-13-18(16(2)29)17-7-9-25-23(22(17)27-20)19(6-8-24)26-21-5-3-4-11-31-21/h6-9,13,15,21H,3-5,10-12,14,24H2,1-2H3/t15-,21?/m1/s1. The molecule has 0 bridgehead atoms. The molecule has 2 aliphatic heterocycles. The van der Waals surface area contributed by atoms with Crippen LogP contribution < -0.4 is 10.6 Å². The number of hydrogen-bond acceptors (Lipinski definition) is 8. The first-order chi connectivity index (χ1) is 15.1. The molecule has 0 aromatic carbocycles. The molecule has 0 amide bonds. The van der Waals surface area contributed by atoms with E-state index in [4.69, 9.17) is 25.2 Å². The molecule has 8 nitrogen and oxygen atoms in total. The number of aliphatic imine (C=N–C) groups is 1. The number of nitrogens with two attached hydrogens (primary N) is 1. The number of rotatable bonds is 5. The number of carbonyl (C=O) groups excluding carboxylic acids is 1. The first kappa shape index (κ1) is 21.4. The molecule has 2 N–H and O–H groups in total. The molecule has 4 heterocycles. The molecule has 4 rings (SSSR count). The second-order valence-corrected chi connectivity index (χ2v) is 7.95. The minimum atomic E-state index is -0.230. The van der Waals surface area contributed by atoms with Crippen LogP contribution in [0.3, 0.4) is 0 Å². The van der Waals surface area contributed by atoms with Gasteiger partial charge in [-0.25, -0.2) is 4.98 Å². The molecule has 2 aromatic rings. The Morgan fingerprint density at radius 1 is 1.35 bits per heavy atom. The van der Waals surface area contributed by atoms with Crippen molar-refractivity contribution < 1.29 is 14.3 Å². The minimum absolute atomic E-state index is 0.0183. The number of morpholine rings is 1. The van der Waals surface area contributed by atoms with Crippen LogP contribution in [0, 0.1) is 0 Å². The van der Waals surface area contributed by atoms with Crippen LogP contribution in [0.15, 0.2) is 35.6 Å². The average molecular weight is 424 g/mol. The number of Topliss-reactive ketones (excluding diaryl/α,β-unsaturated/α-hetero) is 1. The van der Waals surface area contributed by atoms with Crippen molar-refractivity contribution >= 4 is 28.2 Å². The Hall–Kier alpha value is -2.84. The average Bonchev–Trinajstić information content (AvgIpc) is 2.78. The van der Waals surface area contributed by atoms with E-state index in [0.717, 1.165) is 30.5 Å². The van der Waals surface area contributed by atoms with E-state index in [1.165, 1.54) is 6.20 Å². The van der Waals surface area contributed by atoms with Crippen LogP contribution in [-0.2, 0) is 9.47 Å². The number of ketones is 1. The van der Waals surface area contributed by atoms with Crippen LogP contribution in [0.2, 0.25) is 0 Å². The summed E-state index contributed by atoms with van der Waals surface area (Å²) in [6, 6.07) is 3.86. The van der Waals surface area contributed by atoms with Gasteiger partial charge in [0, 0.05) is 30.3 Å². The Morgan fingerprint density at radius 3 is 2.94 bits per heavy atom. The maximum Gasteiger partial charge on any atom is 0.160 e. The van der Waals surface area contributed by atoms with Gasteiger partial charge in [0.15, 0.2) is 5.78 Å². The van der Waals surface area contributed by atoms with E-state index in [1.54, 1.807) is 19.2 Å². The van der Waals surface area contributed by atoms with Crippen LogP contribution >= 0.6 is 0 Å². The number of anilines is 1. The molecule has 2 aliphatic rings. The zero-order valence-corrected chi connectivity index (χ0v) is 18.1. The minimum Gasteiger partial charge on any atom is -0.405 e. The zero-order valence-electron chi connectivity index (χ0n) is 18.1. The first-order valence-corrected chi connectivity index (χ1v) is 10.8. The van der Waals surface area contributed by atoms with E-state index in [9.17, 15) is 4.79 Å². The lowest BCUT2D eigenvalue weighted by Crippen LogP contribution is -2.44. The van der Waals surface area contributed by atoms with Gasteiger partial charge in [0.1, 0.15) is 23.3 Å². The number of carbonyl (C=O) groups is 1. The SMILES string of the molecule is CC(=O)c1cc(N2CCOC[C@H]2C)nc2c(C(C=CN)=NC3CCCCO3)nccc12. The molecule has 0 saturated carbocycles. The highest BCUT2D eigenvalue weighted by atomic mass is 16.5. The van der Waals surface area contributed by atoms with Crippen molar-refractivity contribution in [3.63, 3.8) is 0 Å². The van der Waals surface area contributed by atoms with Gasteiger partial charge in [0.05, 0.1) is 25.0 Å². The predicted octanol–water partition coefficient (Wildman–Crippen LogP) is 2.85. The lowest BCUT2D eigenvalue weighted by Gasteiger charge is -2.34. The Bertz CT molecular complexity index is 1010. The quantitative estimate of drug-likeness (QED) is 0.583. The summed E-state index contributed by atoms with van der Waals surface area (Å²) in [5.41, 5.74) is 8.19. The van der Waals surface area contributed by atoms with Crippen molar-refractivity contribution in [2.45, 2.75) is 45.4 Å². The number of aromatic nitrogens is 2. The maximum atomic E-state index is 12.5. The van der Waals surface area contributed by atoms with E-state index >= 15 is 0 Å². The lowest BCUT2D eigenvalue weighted by molar-refractivity contribution is 0.0224. The highest BCUT2D eigenvalue weighted by Gasteiger charge is 2.24. The zero-order chi connectivity index (χ0) is 21.8. The maximum absolute atomic E-state index is 12.5. The molecular formula is C23H29N5O3. The molecule has 1 unspecified atom stereocenters. The molecule has 2 aromatic heterocycles. The largest absolute Gasteiger partial charge is 0.405 e. The highest BCUT2D eigenvalue weighted by molar-refractivity contribution is 6.17. The van der Waals surface area contributed by atoms with Crippen molar-refractivity contribution in [2.24, 2.45) is 10.7 Å². The summed E-state index contributed by atoms with van der Waals surface area (Å²) in [6.07, 6.45) is 7.60. The number of hydrogen-bond donors (Lipinski definition) is 1. The molecule has 8 heteroatoms. The van der Waals surface area contributed by atoms with Crippen molar-refractivity contribution in [1.82, 2.24) is 9.97 Å². The predicted molar refractivity (Wildman–Crippen MR) is 121 cm³/mol. The number of ether oxygens (including phenoxy) is 2. The Kier molecular flexibility index (Phi) is 6.58. The molecule has 0 aliphatic carbocycles. The van der Waals surface area contributed by atoms with Gasteiger partial charge in [-0.05, 0) is 57.5 Å². The highest BCUT2D eigenvalue weighted by Crippen LogP contribution is 2.28. The van der Waals surface area contributed by atoms with E-state index in [0.29, 0.717) is 48.9 Å². The second-order valence-electron chi connectivity index (χ2n) is 7.95. The smallest absolute Gasteiger partial charge is 0.160 e.